The average molecular weight is 325 g/mol. The molecule has 7 heteroatoms. The number of pyridine rings is 1. The van der Waals surface area contributed by atoms with Gasteiger partial charge < -0.3 is 15.8 Å². The van der Waals surface area contributed by atoms with Crippen LogP contribution in [0.4, 0.5) is 27.8 Å². The summed E-state index contributed by atoms with van der Waals surface area (Å²) in [5.74, 6) is 0.858. The number of nitrogens with zero attached hydrogens (tertiary/aromatic N) is 2. The lowest BCUT2D eigenvalue weighted by Crippen LogP contribution is -2.30. The molecular formula is C17H19N5O2. The van der Waals surface area contributed by atoms with Crippen LogP contribution < -0.4 is 16.4 Å². The summed E-state index contributed by atoms with van der Waals surface area (Å²) in [6.45, 7) is 4.02. The Morgan fingerprint density at radius 1 is 1.38 bits per heavy atom. The van der Waals surface area contributed by atoms with Gasteiger partial charge in [0.05, 0.1) is 24.0 Å². The van der Waals surface area contributed by atoms with Gasteiger partial charge in [-0.25, -0.2) is 14.8 Å². The second kappa shape index (κ2) is 6.57. The molecule has 1 aromatic heterocycles. The normalized spacial score (nSPS) is 15.8. The first-order valence-corrected chi connectivity index (χ1v) is 7.73. The van der Waals surface area contributed by atoms with Gasteiger partial charge in [0, 0.05) is 6.07 Å². The molecule has 0 saturated carbocycles. The number of nitrogen functional groups attached to an aromatic ring is 1. The Bertz CT molecular complexity index is 789. The smallest absolute Gasteiger partial charge is 0.412 e. The van der Waals surface area contributed by atoms with E-state index in [1.54, 1.807) is 13.0 Å². The largest absolute Gasteiger partial charge is 0.450 e. The molecular weight excluding hydrogens is 306 g/mol. The predicted octanol–water partition coefficient (Wildman–Crippen LogP) is 3.17. The molecule has 1 aliphatic heterocycles. The van der Waals surface area contributed by atoms with E-state index in [1.165, 1.54) is 0 Å². The van der Waals surface area contributed by atoms with Crippen molar-refractivity contribution < 1.29 is 9.53 Å². The first-order valence-electron chi connectivity index (χ1n) is 7.73. The quantitative estimate of drug-likeness (QED) is 0.804. The predicted molar refractivity (Wildman–Crippen MR) is 95.0 cm³/mol. The molecule has 0 bridgehead atoms. The van der Waals surface area contributed by atoms with Crippen LogP contribution in [0.2, 0.25) is 0 Å². The van der Waals surface area contributed by atoms with Gasteiger partial charge in [-0.2, -0.15) is 0 Å². The summed E-state index contributed by atoms with van der Waals surface area (Å²) in [6, 6.07) is 11.4. The molecule has 124 valence electrons. The standard InChI is InChI=1S/C17H19N5O2/c1-3-24-17(23)21-13-9-12(18)15-16(20-13)19-10(2)14(22-15)11-7-5-4-6-8-11/h4-10H,3H2,1-2H3,(H4,18,19,20,21,23)/t10-/m0/s1. The van der Waals surface area contributed by atoms with Gasteiger partial charge in [-0.15, -0.1) is 0 Å². The van der Waals surface area contributed by atoms with Gasteiger partial charge in [0.15, 0.2) is 5.82 Å². The number of aromatic nitrogens is 1. The number of aliphatic imine (C=N–C) groups is 1. The molecule has 2 heterocycles. The molecule has 1 amide bonds. The van der Waals surface area contributed by atoms with Gasteiger partial charge in [-0.3, -0.25) is 5.32 Å². The molecule has 0 unspecified atom stereocenters. The van der Waals surface area contributed by atoms with E-state index in [4.69, 9.17) is 10.5 Å². The van der Waals surface area contributed by atoms with E-state index in [-0.39, 0.29) is 12.6 Å². The van der Waals surface area contributed by atoms with Crippen LogP contribution in [-0.4, -0.2) is 29.4 Å². The fraction of sp³-hybridized carbons (Fsp3) is 0.235. The molecule has 0 radical (unpaired) electrons. The molecule has 7 nitrogen and oxygen atoms in total. The number of hydrogen-bond donors (Lipinski definition) is 3. The van der Waals surface area contributed by atoms with Gasteiger partial charge in [-0.1, -0.05) is 30.3 Å². The van der Waals surface area contributed by atoms with Crippen molar-refractivity contribution in [1.82, 2.24) is 4.98 Å². The lowest BCUT2D eigenvalue weighted by molar-refractivity contribution is 0.168. The number of carbonyl (C=O) groups excluding carboxylic acids is 1. The van der Waals surface area contributed by atoms with Gasteiger partial charge in [0.2, 0.25) is 0 Å². The summed E-state index contributed by atoms with van der Waals surface area (Å²) in [4.78, 5) is 20.6. The van der Waals surface area contributed by atoms with Crippen molar-refractivity contribution in [3.05, 3.63) is 42.0 Å². The van der Waals surface area contributed by atoms with Crippen LogP contribution in [0.3, 0.4) is 0 Å². The van der Waals surface area contributed by atoms with Crippen molar-refractivity contribution in [3.63, 3.8) is 0 Å². The average Bonchev–Trinajstić information content (AvgIpc) is 2.55. The van der Waals surface area contributed by atoms with Crippen molar-refractivity contribution in [2.45, 2.75) is 19.9 Å². The number of anilines is 3. The third kappa shape index (κ3) is 3.15. The number of rotatable bonds is 3. The van der Waals surface area contributed by atoms with Crippen molar-refractivity contribution in [1.29, 1.82) is 0 Å². The maximum atomic E-state index is 11.5. The van der Waals surface area contributed by atoms with E-state index in [0.717, 1.165) is 11.3 Å². The minimum Gasteiger partial charge on any atom is -0.450 e. The van der Waals surface area contributed by atoms with Crippen molar-refractivity contribution in [2.24, 2.45) is 4.99 Å². The van der Waals surface area contributed by atoms with Crippen LogP contribution >= 0.6 is 0 Å². The Hall–Kier alpha value is -3.09. The molecule has 1 aromatic carbocycles. The maximum absolute atomic E-state index is 11.5. The van der Waals surface area contributed by atoms with E-state index in [9.17, 15) is 4.79 Å². The van der Waals surface area contributed by atoms with Crippen LogP contribution in [0.5, 0.6) is 0 Å². The van der Waals surface area contributed by atoms with Crippen molar-refractivity contribution in [3.8, 4) is 0 Å². The van der Waals surface area contributed by atoms with Crippen molar-refractivity contribution >= 4 is 34.8 Å². The second-order valence-electron chi connectivity index (χ2n) is 5.37. The number of fused-ring (bicyclic) bond motifs is 1. The SMILES string of the molecule is CCOC(=O)Nc1cc(N)c2c(n1)N[C@@H](C)C(c1ccccc1)=N2. The molecule has 2 aromatic rings. The van der Waals surface area contributed by atoms with Crippen LogP contribution in [0.15, 0.2) is 41.4 Å². The lowest BCUT2D eigenvalue weighted by atomic mass is 10.0. The highest BCUT2D eigenvalue weighted by Crippen LogP contribution is 2.36. The zero-order valence-corrected chi connectivity index (χ0v) is 13.5. The lowest BCUT2D eigenvalue weighted by Gasteiger charge is -2.25. The number of nitrogens with one attached hydrogen (secondary N) is 2. The molecule has 4 N–H and O–H groups in total. The molecule has 1 aliphatic rings. The zero-order chi connectivity index (χ0) is 17.1. The Kier molecular flexibility index (Phi) is 4.33. The highest BCUT2D eigenvalue weighted by molar-refractivity contribution is 6.10. The van der Waals surface area contributed by atoms with Gasteiger partial charge in [-0.05, 0) is 19.4 Å². The Morgan fingerprint density at radius 2 is 2.12 bits per heavy atom. The summed E-state index contributed by atoms with van der Waals surface area (Å²) in [5.41, 5.74) is 9.02. The number of ether oxygens (including phenoxy) is 1. The van der Waals surface area contributed by atoms with E-state index in [0.29, 0.717) is 23.0 Å². The number of amides is 1. The van der Waals surface area contributed by atoms with Gasteiger partial charge >= 0.3 is 6.09 Å². The molecule has 1 atom stereocenters. The summed E-state index contributed by atoms with van der Waals surface area (Å²) < 4.78 is 4.85. The third-order valence-corrected chi connectivity index (χ3v) is 3.59. The number of carbonyl (C=O) groups is 1. The maximum Gasteiger partial charge on any atom is 0.412 e. The number of hydrogen-bond acceptors (Lipinski definition) is 6. The highest BCUT2D eigenvalue weighted by atomic mass is 16.5. The fourth-order valence-corrected chi connectivity index (χ4v) is 2.53. The molecule has 0 aliphatic carbocycles. The summed E-state index contributed by atoms with van der Waals surface area (Å²) in [5, 5.41) is 5.83. The molecule has 0 fully saturated rings. The highest BCUT2D eigenvalue weighted by Gasteiger charge is 2.23. The molecule has 0 spiro atoms. The molecule has 3 rings (SSSR count). The van der Waals surface area contributed by atoms with Gasteiger partial charge in [0.25, 0.3) is 0 Å². The van der Waals surface area contributed by atoms with E-state index in [1.807, 2.05) is 37.3 Å². The topological polar surface area (TPSA) is 102 Å². The Morgan fingerprint density at radius 3 is 2.83 bits per heavy atom. The van der Waals surface area contributed by atoms with Crippen molar-refractivity contribution in [2.75, 3.05) is 23.0 Å². The first-order chi connectivity index (χ1) is 11.6. The van der Waals surface area contributed by atoms with Crippen LogP contribution in [0, 0.1) is 0 Å². The van der Waals surface area contributed by atoms with E-state index < -0.39 is 6.09 Å². The number of nitrogens with two attached hydrogens (primary N) is 1. The fourth-order valence-electron chi connectivity index (χ4n) is 2.53. The summed E-state index contributed by atoms with van der Waals surface area (Å²) in [7, 11) is 0. The number of benzene rings is 1. The third-order valence-electron chi connectivity index (χ3n) is 3.59. The minimum atomic E-state index is -0.568. The summed E-state index contributed by atoms with van der Waals surface area (Å²) >= 11 is 0. The van der Waals surface area contributed by atoms with E-state index >= 15 is 0 Å². The Balaban J connectivity index is 1.95. The first kappa shape index (κ1) is 15.8. The molecule has 24 heavy (non-hydrogen) atoms. The van der Waals surface area contributed by atoms with Crippen LogP contribution in [0.1, 0.15) is 19.4 Å². The van der Waals surface area contributed by atoms with Gasteiger partial charge in [0.1, 0.15) is 11.5 Å². The summed E-state index contributed by atoms with van der Waals surface area (Å²) in [6.07, 6.45) is -0.568. The van der Waals surface area contributed by atoms with E-state index in [2.05, 4.69) is 20.6 Å². The monoisotopic (exact) mass is 325 g/mol. The van der Waals surface area contributed by atoms with Crippen LogP contribution in [0.25, 0.3) is 0 Å². The minimum absolute atomic E-state index is 0.0374. The second-order valence-corrected chi connectivity index (χ2v) is 5.37. The van der Waals surface area contributed by atoms with Crippen LogP contribution in [-0.2, 0) is 4.74 Å². The Labute approximate surface area is 140 Å². The molecule has 0 saturated heterocycles. The zero-order valence-electron chi connectivity index (χ0n) is 13.5.